The third-order valence-corrected chi connectivity index (χ3v) is 4.24. The second-order valence-electron chi connectivity index (χ2n) is 6.27. The van der Waals surface area contributed by atoms with E-state index in [1.165, 1.54) is 0 Å². The van der Waals surface area contributed by atoms with Crippen LogP contribution in [0.15, 0.2) is 48.5 Å². The van der Waals surface area contributed by atoms with E-state index in [0.29, 0.717) is 28.6 Å². The SMILES string of the molecule is CCCCCC(=O)Nc1cccc(NC(=O)C(C)Oc2ccccc2Cl)c1. The van der Waals surface area contributed by atoms with Crippen LogP contribution in [0.4, 0.5) is 11.4 Å². The molecule has 0 fully saturated rings. The van der Waals surface area contributed by atoms with Crippen molar-refractivity contribution >= 4 is 34.8 Å². The highest BCUT2D eigenvalue weighted by Gasteiger charge is 2.16. The average molecular weight is 389 g/mol. The zero-order chi connectivity index (χ0) is 19.6. The summed E-state index contributed by atoms with van der Waals surface area (Å²) >= 11 is 6.05. The van der Waals surface area contributed by atoms with E-state index in [0.717, 1.165) is 19.3 Å². The summed E-state index contributed by atoms with van der Waals surface area (Å²) in [4.78, 5) is 24.3. The van der Waals surface area contributed by atoms with Gasteiger partial charge in [0.25, 0.3) is 5.91 Å². The third kappa shape index (κ3) is 6.94. The maximum atomic E-state index is 12.4. The van der Waals surface area contributed by atoms with Gasteiger partial charge in [0, 0.05) is 17.8 Å². The summed E-state index contributed by atoms with van der Waals surface area (Å²) in [7, 11) is 0. The number of rotatable bonds is 9. The second-order valence-corrected chi connectivity index (χ2v) is 6.67. The van der Waals surface area contributed by atoms with Crippen LogP contribution in [-0.4, -0.2) is 17.9 Å². The molecule has 27 heavy (non-hydrogen) atoms. The Morgan fingerprint density at radius 1 is 1.04 bits per heavy atom. The van der Waals surface area contributed by atoms with Crippen LogP contribution in [0, 0.1) is 0 Å². The summed E-state index contributed by atoms with van der Waals surface area (Å²) in [5, 5.41) is 6.09. The van der Waals surface area contributed by atoms with E-state index in [4.69, 9.17) is 16.3 Å². The van der Waals surface area contributed by atoms with E-state index in [1.54, 1.807) is 55.5 Å². The molecule has 0 bridgehead atoms. The molecular formula is C21H25ClN2O3. The van der Waals surface area contributed by atoms with Crippen LogP contribution in [0.3, 0.4) is 0 Å². The van der Waals surface area contributed by atoms with Gasteiger partial charge < -0.3 is 15.4 Å². The number of benzene rings is 2. The van der Waals surface area contributed by atoms with Crippen molar-refractivity contribution in [1.29, 1.82) is 0 Å². The molecule has 2 aromatic carbocycles. The van der Waals surface area contributed by atoms with Gasteiger partial charge >= 0.3 is 0 Å². The highest BCUT2D eigenvalue weighted by atomic mass is 35.5. The fourth-order valence-corrected chi connectivity index (χ4v) is 2.64. The number of nitrogens with one attached hydrogen (secondary N) is 2. The average Bonchev–Trinajstić information content (AvgIpc) is 2.64. The Morgan fingerprint density at radius 3 is 2.44 bits per heavy atom. The molecule has 5 nitrogen and oxygen atoms in total. The van der Waals surface area contributed by atoms with Crippen LogP contribution in [0.2, 0.25) is 5.02 Å². The maximum Gasteiger partial charge on any atom is 0.265 e. The molecule has 144 valence electrons. The van der Waals surface area contributed by atoms with E-state index in [2.05, 4.69) is 17.6 Å². The van der Waals surface area contributed by atoms with Gasteiger partial charge in [0.2, 0.25) is 5.91 Å². The normalized spacial score (nSPS) is 11.5. The van der Waals surface area contributed by atoms with Crippen molar-refractivity contribution in [2.45, 2.75) is 45.6 Å². The number of unbranched alkanes of at least 4 members (excludes halogenated alkanes) is 2. The minimum atomic E-state index is -0.725. The lowest BCUT2D eigenvalue weighted by molar-refractivity contribution is -0.122. The van der Waals surface area contributed by atoms with E-state index in [-0.39, 0.29) is 11.8 Å². The maximum absolute atomic E-state index is 12.4. The van der Waals surface area contributed by atoms with Crippen LogP contribution < -0.4 is 15.4 Å². The zero-order valence-corrected chi connectivity index (χ0v) is 16.4. The van der Waals surface area contributed by atoms with Gasteiger partial charge in [-0.25, -0.2) is 0 Å². The minimum absolute atomic E-state index is 0.0256. The molecule has 6 heteroatoms. The molecule has 0 heterocycles. The summed E-state index contributed by atoms with van der Waals surface area (Å²) in [6, 6.07) is 14.0. The van der Waals surface area contributed by atoms with Crippen LogP contribution in [0.1, 0.15) is 39.5 Å². The number of para-hydroxylation sites is 1. The molecule has 1 unspecified atom stereocenters. The van der Waals surface area contributed by atoms with Crippen molar-refractivity contribution < 1.29 is 14.3 Å². The quantitative estimate of drug-likeness (QED) is 0.575. The fraction of sp³-hybridized carbons (Fsp3) is 0.333. The Morgan fingerprint density at radius 2 is 1.74 bits per heavy atom. The van der Waals surface area contributed by atoms with Crippen LogP contribution >= 0.6 is 11.6 Å². The topological polar surface area (TPSA) is 67.4 Å². The van der Waals surface area contributed by atoms with Gasteiger partial charge in [-0.05, 0) is 43.7 Å². The Hall–Kier alpha value is -2.53. The summed E-state index contributed by atoms with van der Waals surface area (Å²) < 4.78 is 5.62. The summed E-state index contributed by atoms with van der Waals surface area (Å²) in [6.07, 6.45) is 2.75. The molecule has 2 N–H and O–H groups in total. The molecule has 2 amide bonds. The molecule has 0 saturated heterocycles. The van der Waals surface area contributed by atoms with Crippen molar-refractivity contribution in [2.75, 3.05) is 10.6 Å². The predicted molar refractivity (Wildman–Crippen MR) is 109 cm³/mol. The van der Waals surface area contributed by atoms with Crippen molar-refractivity contribution in [2.24, 2.45) is 0 Å². The monoisotopic (exact) mass is 388 g/mol. The van der Waals surface area contributed by atoms with Crippen molar-refractivity contribution in [1.82, 2.24) is 0 Å². The van der Waals surface area contributed by atoms with Gasteiger partial charge in [0.05, 0.1) is 5.02 Å². The van der Waals surface area contributed by atoms with Crippen LogP contribution in [0.5, 0.6) is 5.75 Å². The first kappa shape index (κ1) is 20.8. The number of hydrogen-bond donors (Lipinski definition) is 2. The standard InChI is InChI=1S/C21H25ClN2O3/c1-3-4-5-13-20(25)23-16-9-8-10-17(14-16)24-21(26)15(2)27-19-12-7-6-11-18(19)22/h6-12,14-15H,3-5,13H2,1-2H3,(H,23,25)(H,24,26). The number of ether oxygens (including phenoxy) is 1. The molecule has 0 saturated carbocycles. The van der Waals surface area contributed by atoms with Gasteiger partial charge in [0.15, 0.2) is 6.10 Å². The van der Waals surface area contributed by atoms with E-state index in [9.17, 15) is 9.59 Å². The lowest BCUT2D eigenvalue weighted by atomic mass is 10.2. The number of carbonyl (C=O) groups excluding carboxylic acids is 2. The number of anilines is 2. The Kier molecular flexibility index (Phi) is 8.14. The summed E-state index contributed by atoms with van der Waals surface area (Å²) in [5.41, 5.74) is 1.23. The van der Waals surface area contributed by atoms with Gasteiger partial charge in [-0.3, -0.25) is 9.59 Å². The molecule has 0 spiro atoms. The molecule has 0 radical (unpaired) electrons. The minimum Gasteiger partial charge on any atom is -0.479 e. The number of hydrogen-bond acceptors (Lipinski definition) is 3. The van der Waals surface area contributed by atoms with Gasteiger partial charge in [-0.15, -0.1) is 0 Å². The second kappa shape index (κ2) is 10.6. The molecule has 0 aliphatic rings. The summed E-state index contributed by atoms with van der Waals surface area (Å²) in [6.45, 7) is 3.75. The highest BCUT2D eigenvalue weighted by Crippen LogP contribution is 2.24. The van der Waals surface area contributed by atoms with E-state index < -0.39 is 6.10 Å². The molecule has 1 atom stereocenters. The van der Waals surface area contributed by atoms with E-state index >= 15 is 0 Å². The lowest BCUT2D eigenvalue weighted by Gasteiger charge is -2.16. The van der Waals surface area contributed by atoms with E-state index in [1.807, 2.05) is 0 Å². The first-order valence-electron chi connectivity index (χ1n) is 9.11. The first-order valence-corrected chi connectivity index (χ1v) is 9.49. The van der Waals surface area contributed by atoms with Crippen LogP contribution in [-0.2, 0) is 9.59 Å². The number of amides is 2. The van der Waals surface area contributed by atoms with Crippen molar-refractivity contribution in [3.05, 3.63) is 53.6 Å². The van der Waals surface area contributed by atoms with Gasteiger partial charge in [0.1, 0.15) is 5.75 Å². The fourth-order valence-electron chi connectivity index (χ4n) is 2.46. The molecular weight excluding hydrogens is 364 g/mol. The molecule has 2 aromatic rings. The zero-order valence-electron chi connectivity index (χ0n) is 15.6. The molecule has 0 aliphatic carbocycles. The number of carbonyl (C=O) groups is 2. The molecule has 0 aromatic heterocycles. The third-order valence-electron chi connectivity index (χ3n) is 3.93. The highest BCUT2D eigenvalue weighted by molar-refractivity contribution is 6.32. The van der Waals surface area contributed by atoms with Crippen LogP contribution in [0.25, 0.3) is 0 Å². The van der Waals surface area contributed by atoms with Crippen molar-refractivity contribution in [3.8, 4) is 5.75 Å². The Labute approximate surface area is 165 Å². The Balaban J connectivity index is 1.91. The Bertz CT molecular complexity index is 780. The predicted octanol–water partition coefficient (Wildman–Crippen LogP) is 5.26. The largest absolute Gasteiger partial charge is 0.479 e. The molecule has 2 rings (SSSR count). The number of halogens is 1. The van der Waals surface area contributed by atoms with Gasteiger partial charge in [-0.1, -0.05) is 49.6 Å². The summed E-state index contributed by atoms with van der Waals surface area (Å²) in [5.74, 6) is 0.124. The van der Waals surface area contributed by atoms with Crippen molar-refractivity contribution in [3.63, 3.8) is 0 Å². The smallest absolute Gasteiger partial charge is 0.265 e. The molecule has 0 aliphatic heterocycles. The first-order chi connectivity index (χ1) is 13.0. The lowest BCUT2D eigenvalue weighted by Crippen LogP contribution is -2.30. The van der Waals surface area contributed by atoms with Gasteiger partial charge in [-0.2, -0.15) is 0 Å².